The van der Waals surface area contributed by atoms with Crippen LogP contribution in [0, 0.1) is 0 Å². The van der Waals surface area contributed by atoms with E-state index in [1.54, 1.807) is 0 Å². The minimum Gasteiger partial charge on any atom is -0.392 e. The number of carbonyl (C=O) groups is 1. The van der Waals surface area contributed by atoms with Crippen LogP contribution in [0.1, 0.15) is 18.4 Å². The highest BCUT2D eigenvalue weighted by Crippen LogP contribution is 2.35. The van der Waals surface area contributed by atoms with Crippen molar-refractivity contribution in [3.05, 3.63) is 23.8 Å². The molecule has 2 N–H and O–H groups in total. The maximum absolute atomic E-state index is 13.1. The molecule has 0 bridgehead atoms. The highest BCUT2D eigenvalue weighted by molar-refractivity contribution is 5.95. The summed E-state index contributed by atoms with van der Waals surface area (Å²) in [4.78, 5) is 16.1. The molecule has 1 amide bonds. The first-order chi connectivity index (χ1) is 12.8. The van der Waals surface area contributed by atoms with Gasteiger partial charge < -0.3 is 20.1 Å². The van der Waals surface area contributed by atoms with Crippen molar-refractivity contribution in [3.8, 4) is 0 Å². The van der Waals surface area contributed by atoms with Crippen molar-refractivity contribution in [1.82, 2.24) is 4.90 Å². The monoisotopic (exact) mass is 387 g/mol. The van der Waals surface area contributed by atoms with Crippen molar-refractivity contribution in [1.29, 1.82) is 0 Å². The molecule has 6 nitrogen and oxygen atoms in total. The molecule has 9 heteroatoms. The van der Waals surface area contributed by atoms with Crippen LogP contribution in [0.2, 0.25) is 0 Å². The minimum atomic E-state index is -4.49. The molecule has 0 aromatic heterocycles. The molecular weight excluding hydrogens is 363 g/mol. The quantitative estimate of drug-likeness (QED) is 0.827. The number of carbonyl (C=O) groups excluding carboxylic acids is 1. The second-order valence-corrected chi connectivity index (χ2v) is 6.91. The number of anilines is 2. The Morgan fingerprint density at radius 2 is 2.00 bits per heavy atom. The number of benzene rings is 1. The van der Waals surface area contributed by atoms with Crippen LogP contribution in [-0.2, 0) is 15.7 Å². The van der Waals surface area contributed by atoms with Gasteiger partial charge in [0.15, 0.2) is 0 Å². The summed E-state index contributed by atoms with van der Waals surface area (Å²) in [7, 11) is 0. The van der Waals surface area contributed by atoms with E-state index in [9.17, 15) is 23.1 Å². The summed E-state index contributed by atoms with van der Waals surface area (Å²) < 4.78 is 44.6. The summed E-state index contributed by atoms with van der Waals surface area (Å²) in [6.45, 7) is 3.19. The van der Waals surface area contributed by atoms with Crippen molar-refractivity contribution in [3.63, 3.8) is 0 Å². The number of aliphatic hydroxyl groups is 1. The molecule has 2 aliphatic heterocycles. The van der Waals surface area contributed by atoms with Gasteiger partial charge in [0.05, 0.1) is 42.8 Å². The Kier molecular flexibility index (Phi) is 6.23. The summed E-state index contributed by atoms with van der Waals surface area (Å²) in [5, 5.41) is 12.3. The molecule has 1 aromatic rings. The summed E-state index contributed by atoms with van der Waals surface area (Å²) in [5.74, 6) is -0.391. The molecule has 0 saturated carbocycles. The van der Waals surface area contributed by atoms with E-state index in [4.69, 9.17) is 4.74 Å². The number of piperidine rings is 1. The average Bonchev–Trinajstić information content (AvgIpc) is 2.61. The standard InChI is InChI=1S/C18H24F3N3O3/c19-18(20,21)13-3-4-16(24-6-8-27-9-7-24)15(10-13)22-17(26)12-23-5-1-2-14(25)11-23/h3-4,10,14,25H,1-2,5-9,11-12H2,(H,22,26). The zero-order valence-corrected chi connectivity index (χ0v) is 15.0. The van der Waals surface area contributed by atoms with Crippen LogP contribution in [0.5, 0.6) is 0 Å². The van der Waals surface area contributed by atoms with Crippen molar-refractivity contribution in [2.45, 2.75) is 25.1 Å². The van der Waals surface area contributed by atoms with Gasteiger partial charge in [0.1, 0.15) is 0 Å². The van der Waals surface area contributed by atoms with E-state index in [0.717, 1.165) is 18.6 Å². The van der Waals surface area contributed by atoms with Crippen molar-refractivity contribution < 1.29 is 27.8 Å². The number of alkyl halides is 3. The number of morpholine rings is 1. The second-order valence-electron chi connectivity index (χ2n) is 6.91. The summed E-state index contributed by atoms with van der Waals surface area (Å²) in [5.41, 5.74) is -0.101. The van der Waals surface area contributed by atoms with Gasteiger partial charge in [0.25, 0.3) is 0 Å². The molecule has 0 spiro atoms. The lowest BCUT2D eigenvalue weighted by atomic mass is 10.1. The normalized spacial score (nSPS) is 21.9. The first kappa shape index (κ1) is 19.9. The van der Waals surface area contributed by atoms with E-state index in [-0.39, 0.29) is 12.2 Å². The Hall–Kier alpha value is -1.84. The molecule has 27 heavy (non-hydrogen) atoms. The molecule has 2 heterocycles. The maximum Gasteiger partial charge on any atom is 0.416 e. The van der Waals surface area contributed by atoms with E-state index >= 15 is 0 Å². The van der Waals surface area contributed by atoms with Gasteiger partial charge in [-0.3, -0.25) is 9.69 Å². The number of nitrogens with one attached hydrogen (secondary N) is 1. The van der Waals surface area contributed by atoms with Crippen LogP contribution in [0.3, 0.4) is 0 Å². The fraction of sp³-hybridized carbons (Fsp3) is 0.611. The first-order valence-corrected chi connectivity index (χ1v) is 9.07. The van der Waals surface area contributed by atoms with Crippen LogP contribution >= 0.6 is 0 Å². The lowest BCUT2D eigenvalue weighted by Crippen LogP contribution is -2.42. The number of hydrogen-bond acceptors (Lipinski definition) is 5. The largest absolute Gasteiger partial charge is 0.416 e. The third kappa shape index (κ3) is 5.33. The highest BCUT2D eigenvalue weighted by Gasteiger charge is 2.32. The van der Waals surface area contributed by atoms with Gasteiger partial charge in [-0.2, -0.15) is 13.2 Å². The van der Waals surface area contributed by atoms with Crippen LogP contribution < -0.4 is 10.2 Å². The predicted molar refractivity (Wildman–Crippen MR) is 94.8 cm³/mol. The lowest BCUT2D eigenvalue weighted by Gasteiger charge is -2.32. The smallest absolute Gasteiger partial charge is 0.392 e. The number of likely N-dealkylation sites (tertiary alicyclic amines) is 1. The Bertz CT molecular complexity index is 663. The predicted octanol–water partition coefficient (Wildman–Crippen LogP) is 1.94. The van der Waals surface area contributed by atoms with E-state index in [1.165, 1.54) is 6.07 Å². The zero-order chi connectivity index (χ0) is 19.4. The molecular formula is C18H24F3N3O3. The second kappa shape index (κ2) is 8.45. The third-order valence-electron chi connectivity index (χ3n) is 4.80. The summed E-state index contributed by atoms with van der Waals surface area (Å²) >= 11 is 0. The van der Waals surface area contributed by atoms with Crippen LogP contribution in [-0.4, -0.2) is 68.0 Å². The topological polar surface area (TPSA) is 65.0 Å². The van der Waals surface area contributed by atoms with Gasteiger partial charge in [0, 0.05) is 19.6 Å². The van der Waals surface area contributed by atoms with E-state index in [0.29, 0.717) is 51.5 Å². The molecule has 0 aliphatic carbocycles. The Balaban J connectivity index is 1.76. The molecule has 1 atom stereocenters. The van der Waals surface area contributed by atoms with E-state index in [1.807, 2.05) is 9.80 Å². The van der Waals surface area contributed by atoms with Crippen LogP contribution in [0.15, 0.2) is 18.2 Å². The van der Waals surface area contributed by atoms with Crippen LogP contribution in [0.4, 0.5) is 24.5 Å². The molecule has 2 aliphatic rings. The van der Waals surface area contributed by atoms with Crippen LogP contribution in [0.25, 0.3) is 0 Å². The average molecular weight is 387 g/mol. The van der Waals surface area contributed by atoms with Gasteiger partial charge >= 0.3 is 6.18 Å². The first-order valence-electron chi connectivity index (χ1n) is 9.07. The molecule has 1 aromatic carbocycles. The molecule has 3 rings (SSSR count). The van der Waals surface area contributed by atoms with Gasteiger partial charge in [-0.05, 0) is 37.6 Å². The fourth-order valence-electron chi connectivity index (χ4n) is 3.46. The number of hydrogen-bond donors (Lipinski definition) is 2. The number of amides is 1. The number of halogens is 3. The number of aliphatic hydroxyl groups excluding tert-OH is 1. The molecule has 1 unspecified atom stereocenters. The van der Waals surface area contributed by atoms with E-state index < -0.39 is 23.8 Å². The molecule has 0 radical (unpaired) electrons. The number of β-amino-alcohol motifs (C(OH)–C–C–N with tert-alkyl or cyclic N) is 1. The Morgan fingerprint density at radius 1 is 1.26 bits per heavy atom. The molecule has 150 valence electrons. The number of ether oxygens (including phenoxy) is 1. The zero-order valence-electron chi connectivity index (χ0n) is 15.0. The molecule has 2 fully saturated rings. The van der Waals surface area contributed by atoms with Crippen molar-refractivity contribution in [2.24, 2.45) is 0 Å². The van der Waals surface area contributed by atoms with Gasteiger partial charge in [-0.25, -0.2) is 0 Å². The number of nitrogens with zero attached hydrogens (tertiary/aromatic N) is 2. The highest BCUT2D eigenvalue weighted by atomic mass is 19.4. The third-order valence-corrected chi connectivity index (χ3v) is 4.80. The SMILES string of the molecule is O=C(CN1CCCC(O)C1)Nc1cc(C(F)(F)F)ccc1N1CCOCC1. The van der Waals surface area contributed by atoms with Crippen molar-refractivity contribution in [2.75, 3.05) is 56.2 Å². The molecule has 2 saturated heterocycles. The summed E-state index contributed by atoms with van der Waals surface area (Å²) in [6.07, 6.45) is -3.46. The Morgan fingerprint density at radius 3 is 2.67 bits per heavy atom. The van der Waals surface area contributed by atoms with Crippen molar-refractivity contribution >= 4 is 17.3 Å². The summed E-state index contributed by atoms with van der Waals surface area (Å²) in [6, 6.07) is 3.41. The fourth-order valence-corrected chi connectivity index (χ4v) is 3.46. The Labute approximate surface area is 155 Å². The minimum absolute atomic E-state index is 0.0376. The lowest BCUT2D eigenvalue weighted by molar-refractivity contribution is -0.137. The number of rotatable bonds is 4. The van der Waals surface area contributed by atoms with Gasteiger partial charge in [-0.15, -0.1) is 0 Å². The maximum atomic E-state index is 13.1. The van der Waals surface area contributed by atoms with Gasteiger partial charge in [0.2, 0.25) is 5.91 Å². The van der Waals surface area contributed by atoms with E-state index in [2.05, 4.69) is 5.32 Å². The van der Waals surface area contributed by atoms with Gasteiger partial charge in [-0.1, -0.05) is 0 Å².